The van der Waals surface area contributed by atoms with Crippen molar-refractivity contribution in [2.75, 3.05) is 20.7 Å². The Morgan fingerprint density at radius 2 is 2.06 bits per heavy atom. The summed E-state index contributed by atoms with van der Waals surface area (Å²) in [7, 11) is 2.81. The minimum absolute atomic E-state index is 0.178. The maximum atomic E-state index is 11.7. The number of carbonyl (C=O) groups is 2. The van der Waals surface area contributed by atoms with Crippen LogP contribution >= 0.6 is 23.2 Å². The maximum absolute atomic E-state index is 11.7. The van der Waals surface area contributed by atoms with Crippen molar-refractivity contribution in [3.8, 4) is 0 Å². The van der Waals surface area contributed by atoms with Crippen LogP contribution in [0.5, 0.6) is 0 Å². The van der Waals surface area contributed by atoms with Crippen LogP contribution in [0, 0.1) is 0 Å². The van der Waals surface area contributed by atoms with Gasteiger partial charge in [-0.2, -0.15) is 0 Å². The SMILES string of the molecule is CON(C)C(=O)CNC(=O)c1ccc(Cl)cc1Cl. The van der Waals surface area contributed by atoms with Gasteiger partial charge in [-0.05, 0) is 18.2 Å². The molecule has 0 bridgehead atoms. The van der Waals surface area contributed by atoms with Crippen LogP contribution in [0.1, 0.15) is 10.4 Å². The Morgan fingerprint density at radius 3 is 2.61 bits per heavy atom. The quantitative estimate of drug-likeness (QED) is 0.860. The number of nitrogens with one attached hydrogen (secondary N) is 1. The zero-order chi connectivity index (χ0) is 13.7. The van der Waals surface area contributed by atoms with Crippen molar-refractivity contribution < 1.29 is 14.4 Å². The van der Waals surface area contributed by atoms with E-state index in [1.165, 1.54) is 26.3 Å². The number of rotatable bonds is 4. The summed E-state index contributed by atoms with van der Waals surface area (Å²) in [4.78, 5) is 27.8. The molecule has 0 aliphatic heterocycles. The minimum Gasteiger partial charge on any atom is -0.343 e. The molecule has 1 rings (SSSR count). The lowest BCUT2D eigenvalue weighted by molar-refractivity contribution is -0.167. The van der Waals surface area contributed by atoms with Crippen LogP contribution in [-0.4, -0.2) is 37.6 Å². The number of nitrogens with zero attached hydrogens (tertiary/aromatic N) is 1. The molecule has 18 heavy (non-hydrogen) atoms. The maximum Gasteiger partial charge on any atom is 0.265 e. The van der Waals surface area contributed by atoms with Crippen molar-refractivity contribution in [3.05, 3.63) is 33.8 Å². The van der Waals surface area contributed by atoms with E-state index < -0.39 is 5.91 Å². The molecule has 5 nitrogen and oxygen atoms in total. The molecule has 1 N–H and O–H groups in total. The molecule has 0 heterocycles. The van der Waals surface area contributed by atoms with E-state index >= 15 is 0 Å². The van der Waals surface area contributed by atoms with Crippen LogP contribution in [0.4, 0.5) is 0 Å². The summed E-state index contributed by atoms with van der Waals surface area (Å²) >= 11 is 11.6. The number of hydrogen-bond acceptors (Lipinski definition) is 3. The Morgan fingerprint density at radius 1 is 1.39 bits per heavy atom. The van der Waals surface area contributed by atoms with Crippen molar-refractivity contribution in [1.82, 2.24) is 10.4 Å². The smallest absolute Gasteiger partial charge is 0.265 e. The molecule has 0 aromatic heterocycles. The second kappa shape index (κ2) is 6.58. The Kier molecular flexibility index (Phi) is 5.40. The molecule has 98 valence electrons. The fourth-order valence-electron chi connectivity index (χ4n) is 1.14. The second-order valence-corrected chi connectivity index (χ2v) is 4.22. The first-order valence-corrected chi connectivity index (χ1v) is 5.75. The average Bonchev–Trinajstić information content (AvgIpc) is 2.34. The lowest BCUT2D eigenvalue weighted by Gasteiger charge is -2.14. The molecule has 0 aliphatic carbocycles. The van der Waals surface area contributed by atoms with Crippen molar-refractivity contribution in [1.29, 1.82) is 0 Å². The lowest BCUT2D eigenvalue weighted by Crippen LogP contribution is -2.37. The molecule has 0 radical (unpaired) electrons. The molecule has 2 amide bonds. The molecule has 0 atom stereocenters. The van der Waals surface area contributed by atoms with Crippen LogP contribution in [0.15, 0.2) is 18.2 Å². The summed E-state index contributed by atoms with van der Waals surface area (Å²) < 4.78 is 0. The molecule has 0 fully saturated rings. The van der Waals surface area contributed by atoms with E-state index in [1.54, 1.807) is 6.07 Å². The van der Waals surface area contributed by atoms with Gasteiger partial charge in [-0.1, -0.05) is 23.2 Å². The number of benzene rings is 1. The molecule has 0 aliphatic rings. The first-order valence-electron chi connectivity index (χ1n) is 4.99. The fraction of sp³-hybridized carbons (Fsp3) is 0.273. The van der Waals surface area contributed by atoms with Crippen LogP contribution < -0.4 is 5.32 Å². The van der Waals surface area contributed by atoms with Crippen molar-refractivity contribution >= 4 is 35.0 Å². The Bertz CT molecular complexity index is 466. The summed E-state index contributed by atoms with van der Waals surface area (Å²) in [6, 6.07) is 4.50. The van der Waals surface area contributed by atoms with E-state index in [9.17, 15) is 9.59 Å². The number of amides is 2. The summed E-state index contributed by atoms with van der Waals surface area (Å²) in [6.07, 6.45) is 0. The third-order valence-electron chi connectivity index (χ3n) is 2.20. The standard InChI is InChI=1S/C11H12Cl2N2O3/c1-15(18-2)10(16)6-14-11(17)8-4-3-7(12)5-9(8)13/h3-5H,6H2,1-2H3,(H,14,17). The van der Waals surface area contributed by atoms with Gasteiger partial charge in [-0.25, -0.2) is 5.06 Å². The first kappa shape index (κ1) is 14.8. The van der Waals surface area contributed by atoms with Gasteiger partial charge in [0.1, 0.15) is 0 Å². The van der Waals surface area contributed by atoms with E-state index in [4.69, 9.17) is 23.2 Å². The molecular weight excluding hydrogens is 279 g/mol. The van der Waals surface area contributed by atoms with Gasteiger partial charge in [-0.15, -0.1) is 0 Å². The van der Waals surface area contributed by atoms with Crippen molar-refractivity contribution in [2.24, 2.45) is 0 Å². The van der Waals surface area contributed by atoms with E-state index in [1.807, 2.05) is 0 Å². The fourth-order valence-corrected chi connectivity index (χ4v) is 1.63. The Hall–Kier alpha value is -1.30. The second-order valence-electron chi connectivity index (χ2n) is 3.38. The zero-order valence-corrected chi connectivity index (χ0v) is 11.4. The van der Waals surface area contributed by atoms with Gasteiger partial charge < -0.3 is 5.32 Å². The van der Waals surface area contributed by atoms with Crippen LogP contribution in [-0.2, 0) is 9.63 Å². The van der Waals surface area contributed by atoms with Gasteiger partial charge in [-0.3, -0.25) is 14.4 Å². The Balaban J connectivity index is 2.63. The first-order chi connectivity index (χ1) is 8.45. The van der Waals surface area contributed by atoms with Crippen LogP contribution in [0.25, 0.3) is 0 Å². The highest BCUT2D eigenvalue weighted by molar-refractivity contribution is 6.36. The average molecular weight is 291 g/mol. The molecule has 7 heteroatoms. The normalized spacial score (nSPS) is 10.0. The highest BCUT2D eigenvalue weighted by Crippen LogP contribution is 2.20. The third-order valence-corrected chi connectivity index (χ3v) is 2.75. The molecule has 1 aromatic carbocycles. The van der Waals surface area contributed by atoms with E-state index in [-0.39, 0.29) is 23.0 Å². The molecule has 1 aromatic rings. The van der Waals surface area contributed by atoms with Crippen LogP contribution in [0.3, 0.4) is 0 Å². The predicted molar refractivity (Wildman–Crippen MR) is 68.6 cm³/mol. The molecule has 0 saturated carbocycles. The Labute approximate surface area is 115 Å². The summed E-state index contributed by atoms with van der Waals surface area (Å²) in [5.41, 5.74) is 0.258. The largest absolute Gasteiger partial charge is 0.343 e. The summed E-state index contributed by atoms with van der Waals surface area (Å²) in [5, 5.41) is 4.12. The summed E-state index contributed by atoms with van der Waals surface area (Å²) in [6.45, 7) is -0.178. The molecule has 0 spiro atoms. The predicted octanol–water partition coefficient (Wildman–Crippen LogP) is 1.74. The van der Waals surface area contributed by atoms with Gasteiger partial charge in [0.2, 0.25) is 0 Å². The number of hydroxylamine groups is 2. The van der Waals surface area contributed by atoms with Gasteiger partial charge >= 0.3 is 0 Å². The minimum atomic E-state index is -0.450. The number of halogens is 2. The topological polar surface area (TPSA) is 58.6 Å². The van der Waals surface area contributed by atoms with Gasteiger partial charge in [0.15, 0.2) is 0 Å². The molecular formula is C11H12Cl2N2O3. The lowest BCUT2D eigenvalue weighted by atomic mass is 10.2. The summed E-state index contributed by atoms with van der Waals surface area (Å²) in [5.74, 6) is -0.828. The zero-order valence-electron chi connectivity index (χ0n) is 9.87. The van der Waals surface area contributed by atoms with Gasteiger partial charge in [0.25, 0.3) is 11.8 Å². The highest BCUT2D eigenvalue weighted by Gasteiger charge is 2.13. The van der Waals surface area contributed by atoms with Gasteiger partial charge in [0, 0.05) is 12.1 Å². The number of hydrogen-bond donors (Lipinski definition) is 1. The van der Waals surface area contributed by atoms with E-state index in [0.29, 0.717) is 5.02 Å². The van der Waals surface area contributed by atoms with E-state index in [0.717, 1.165) is 5.06 Å². The molecule has 0 saturated heterocycles. The number of likely N-dealkylation sites (N-methyl/N-ethyl adjacent to an activating group) is 1. The van der Waals surface area contributed by atoms with Gasteiger partial charge in [0.05, 0.1) is 24.2 Å². The van der Waals surface area contributed by atoms with Crippen LogP contribution in [0.2, 0.25) is 10.0 Å². The number of carbonyl (C=O) groups excluding carboxylic acids is 2. The van der Waals surface area contributed by atoms with Crippen molar-refractivity contribution in [3.63, 3.8) is 0 Å². The van der Waals surface area contributed by atoms with E-state index in [2.05, 4.69) is 10.2 Å². The van der Waals surface area contributed by atoms with Crippen molar-refractivity contribution in [2.45, 2.75) is 0 Å². The highest BCUT2D eigenvalue weighted by atomic mass is 35.5. The molecule has 0 unspecified atom stereocenters. The third kappa shape index (κ3) is 3.87. The monoisotopic (exact) mass is 290 g/mol.